The molecule has 3 aromatic rings. The molecule has 6 nitrogen and oxygen atoms in total. The molecule has 0 fully saturated rings. The summed E-state index contributed by atoms with van der Waals surface area (Å²) < 4.78 is 41.3. The van der Waals surface area contributed by atoms with Crippen molar-refractivity contribution < 1.29 is 28.2 Å². The molecular weight excluding hydrogens is 442 g/mol. The number of nitrogens with two attached hydrogens (primary N) is 2. The Morgan fingerprint density at radius 2 is 1.91 bits per heavy atom. The largest absolute Gasteiger partial charge is 0.494 e. The van der Waals surface area contributed by atoms with Crippen molar-refractivity contribution in [3.05, 3.63) is 81.9 Å². The molecule has 1 heterocycles. The van der Waals surface area contributed by atoms with Crippen LogP contribution in [-0.4, -0.2) is 24.7 Å². The number of benzene rings is 3. The van der Waals surface area contributed by atoms with Gasteiger partial charge in [0.05, 0.1) is 17.7 Å². The third-order valence-corrected chi connectivity index (χ3v) is 6.01. The van der Waals surface area contributed by atoms with Crippen LogP contribution in [0.15, 0.2) is 48.5 Å². The van der Waals surface area contributed by atoms with E-state index in [1.807, 2.05) is 0 Å². The van der Waals surface area contributed by atoms with Crippen LogP contribution >= 0.6 is 11.6 Å². The van der Waals surface area contributed by atoms with Crippen LogP contribution in [0.4, 0.5) is 8.78 Å². The van der Waals surface area contributed by atoms with E-state index in [0.717, 1.165) is 6.07 Å². The second-order valence-corrected chi connectivity index (χ2v) is 7.67. The van der Waals surface area contributed by atoms with Gasteiger partial charge in [-0.2, -0.15) is 0 Å². The summed E-state index contributed by atoms with van der Waals surface area (Å²) in [6.07, 6.45) is -1.47. The van der Waals surface area contributed by atoms with Gasteiger partial charge in [0.2, 0.25) is 5.91 Å². The van der Waals surface area contributed by atoms with E-state index in [1.165, 1.54) is 19.2 Å². The fourth-order valence-electron chi connectivity index (χ4n) is 4.08. The summed E-state index contributed by atoms with van der Waals surface area (Å²) in [7, 11) is 1.23. The summed E-state index contributed by atoms with van der Waals surface area (Å²) in [6, 6.07) is 12.1. The highest BCUT2D eigenvalue weighted by Gasteiger charge is 2.51. The number of hydrogen-bond donors (Lipinski definition) is 3. The maximum absolute atomic E-state index is 15.4. The molecule has 0 saturated carbocycles. The molecule has 4 rings (SSSR count). The lowest BCUT2D eigenvalue weighted by Gasteiger charge is -2.31. The van der Waals surface area contributed by atoms with Crippen LogP contribution in [0, 0.1) is 11.6 Å². The van der Waals surface area contributed by atoms with Crippen LogP contribution in [0.5, 0.6) is 11.5 Å². The minimum absolute atomic E-state index is 0.0136. The molecule has 0 bridgehead atoms. The maximum atomic E-state index is 15.4. The predicted molar refractivity (Wildman–Crippen MR) is 115 cm³/mol. The van der Waals surface area contributed by atoms with Gasteiger partial charge >= 0.3 is 0 Å². The Bertz CT molecular complexity index is 1220. The molecule has 0 saturated heterocycles. The standard InChI is InChI=1S/C23H19ClF2N2O4/c1-31-14-8-7-12(22(28)30)16(20(14)26)18-17-15(9-13(25)19(18)24)32-23(10-27,21(17)29)11-5-3-2-4-6-11/h2-9,21,29H,10,27H2,1H3,(H2,28,30)/t21-,23+/m0/s1. The molecule has 5 N–H and O–H groups in total. The van der Waals surface area contributed by atoms with Crippen LogP contribution in [0.2, 0.25) is 5.02 Å². The summed E-state index contributed by atoms with van der Waals surface area (Å²) in [4.78, 5) is 12.1. The van der Waals surface area contributed by atoms with Crippen molar-refractivity contribution in [2.45, 2.75) is 11.7 Å². The summed E-state index contributed by atoms with van der Waals surface area (Å²) in [5.41, 5.74) is 9.56. The number of carbonyl (C=O) groups is 1. The molecule has 1 aliphatic rings. The first-order valence-corrected chi connectivity index (χ1v) is 9.95. The molecule has 32 heavy (non-hydrogen) atoms. The molecule has 0 aromatic heterocycles. The third kappa shape index (κ3) is 3.10. The van der Waals surface area contributed by atoms with Gasteiger partial charge < -0.3 is 26.0 Å². The SMILES string of the molecule is COc1ccc(C(N)=O)c(-c2c(Cl)c(F)cc3c2[C@H](O)[C@@](CN)(c2ccccc2)O3)c1F. The van der Waals surface area contributed by atoms with Gasteiger partial charge in [-0.15, -0.1) is 0 Å². The van der Waals surface area contributed by atoms with E-state index >= 15 is 4.39 Å². The quantitative estimate of drug-likeness (QED) is 0.538. The Morgan fingerprint density at radius 3 is 2.50 bits per heavy atom. The Labute approximate surface area is 187 Å². The smallest absolute Gasteiger partial charge is 0.249 e. The fourth-order valence-corrected chi connectivity index (χ4v) is 4.33. The van der Waals surface area contributed by atoms with Crippen LogP contribution in [0.3, 0.4) is 0 Å². The summed E-state index contributed by atoms with van der Waals surface area (Å²) >= 11 is 6.27. The molecule has 166 valence electrons. The Balaban J connectivity index is 2.07. The molecule has 3 aromatic carbocycles. The van der Waals surface area contributed by atoms with Gasteiger partial charge in [-0.25, -0.2) is 8.78 Å². The number of rotatable bonds is 5. The van der Waals surface area contributed by atoms with Gasteiger partial charge in [-0.3, -0.25) is 4.79 Å². The zero-order chi connectivity index (χ0) is 23.2. The van der Waals surface area contributed by atoms with E-state index < -0.39 is 39.8 Å². The van der Waals surface area contributed by atoms with Gasteiger partial charge in [0.15, 0.2) is 17.2 Å². The lowest BCUT2D eigenvalue weighted by atomic mass is 9.83. The van der Waals surface area contributed by atoms with Crippen molar-refractivity contribution in [1.29, 1.82) is 0 Å². The fraction of sp³-hybridized carbons (Fsp3) is 0.174. The van der Waals surface area contributed by atoms with Crippen LogP contribution in [0.1, 0.15) is 27.6 Å². The number of aliphatic hydroxyl groups is 1. The number of fused-ring (bicyclic) bond motifs is 1. The Morgan fingerprint density at radius 1 is 1.22 bits per heavy atom. The van der Waals surface area contributed by atoms with Crippen molar-refractivity contribution in [1.82, 2.24) is 0 Å². The topological polar surface area (TPSA) is 108 Å². The second-order valence-electron chi connectivity index (χ2n) is 7.29. The molecule has 1 aliphatic heterocycles. The van der Waals surface area contributed by atoms with Crippen molar-refractivity contribution in [2.75, 3.05) is 13.7 Å². The zero-order valence-electron chi connectivity index (χ0n) is 16.9. The van der Waals surface area contributed by atoms with E-state index in [-0.39, 0.29) is 34.7 Å². The number of amides is 1. The van der Waals surface area contributed by atoms with E-state index in [4.69, 9.17) is 32.5 Å². The van der Waals surface area contributed by atoms with Crippen LogP contribution in [-0.2, 0) is 5.60 Å². The monoisotopic (exact) mass is 460 g/mol. The van der Waals surface area contributed by atoms with Crippen molar-refractivity contribution in [3.63, 3.8) is 0 Å². The molecule has 0 spiro atoms. The number of aliphatic hydroxyl groups excluding tert-OH is 1. The summed E-state index contributed by atoms with van der Waals surface area (Å²) in [6.45, 7) is -0.186. The molecule has 9 heteroatoms. The number of halogens is 3. The molecule has 0 unspecified atom stereocenters. The van der Waals surface area contributed by atoms with Gasteiger partial charge in [-0.05, 0) is 17.7 Å². The van der Waals surface area contributed by atoms with E-state index in [9.17, 15) is 14.3 Å². The normalized spacial score (nSPS) is 19.4. The van der Waals surface area contributed by atoms with Gasteiger partial charge in [-0.1, -0.05) is 41.9 Å². The average Bonchev–Trinajstić information content (AvgIpc) is 3.07. The van der Waals surface area contributed by atoms with Crippen LogP contribution in [0.25, 0.3) is 11.1 Å². The third-order valence-electron chi connectivity index (χ3n) is 5.64. The number of ether oxygens (including phenoxy) is 2. The minimum atomic E-state index is -1.49. The molecule has 0 radical (unpaired) electrons. The lowest BCUT2D eigenvalue weighted by Crippen LogP contribution is -2.42. The van der Waals surface area contributed by atoms with Gasteiger partial charge in [0.25, 0.3) is 0 Å². The molecule has 2 atom stereocenters. The highest BCUT2D eigenvalue weighted by atomic mass is 35.5. The van der Waals surface area contributed by atoms with E-state index in [0.29, 0.717) is 5.56 Å². The number of carbonyl (C=O) groups excluding carboxylic acids is 1. The zero-order valence-corrected chi connectivity index (χ0v) is 17.6. The number of hydrogen-bond acceptors (Lipinski definition) is 5. The van der Waals surface area contributed by atoms with E-state index in [1.54, 1.807) is 30.3 Å². The van der Waals surface area contributed by atoms with Crippen LogP contribution < -0.4 is 20.9 Å². The first-order valence-electron chi connectivity index (χ1n) is 9.58. The first kappa shape index (κ1) is 22.0. The second kappa shape index (κ2) is 8.05. The number of primary amides is 1. The Kier molecular flexibility index (Phi) is 5.54. The molecular formula is C23H19ClF2N2O4. The van der Waals surface area contributed by atoms with Crippen molar-refractivity contribution in [2.24, 2.45) is 11.5 Å². The minimum Gasteiger partial charge on any atom is -0.494 e. The molecule has 1 amide bonds. The maximum Gasteiger partial charge on any atom is 0.249 e. The van der Waals surface area contributed by atoms with E-state index in [2.05, 4.69) is 0 Å². The summed E-state index contributed by atoms with van der Waals surface area (Å²) in [5.74, 6) is -3.21. The average molecular weight is 461 g/mol. The highest BCUT2D eigenvalue weighted by Crippen LogP contribution is 2.55. The van der Waals surface area contributed by atoms with Gasteiger partial charge in [0.1, 0.15) is 17.7 Å². The first-order chi connectivity index (χ1) is 15.3. The molecule has 0 aliphatic carbocycles. The lowest BCUT2D eigenvalue weighted by molar-refractivity contribution is -0.0256. The van der Waals surface area contributed by atoms with Crippen molar-refractivity contribution in [3.8, 4) is 22.6 Å². The summed E-state index contributed by atoms with van der Waals surface area (Å²) in [5, 5.41) is 10.9. The predicted octanol–water partition coefficient (Wildman–Crippen LogP) is 3.67. The number of methoxy groups -OCH3 is 1. The van der Waals surface area contributed by atoms with Gasteiger partial charge in [0, 0.05) is 29.3 Å². The highest BCUT2D eigenvalue weighted by molar-refractivity contribution is 6.34. The Hall–Kier alpha value is -3.20. The van der Waals surface area contributed by atoms with Crippen molar-refractivity contribution >= 4 is 17.5 Å².